The zero-order chi connectivity index (χ0) is 75.0. The first-order valence-corrected chi connectivity index (χ1v) is 36.0. The van der Waals surface area contributed by atoms with E-state index in [1.165, 1.54) is 38.5 Å². The van der Waals surface area contributed by atoms with Gasteiger partial charge < -0.3 is 40.4 Å². The monoisotopic (exact) mass is 1410 g/mol. The maximum absolute atomic E-state index is 13.4. The van der Waals surface area contributed by atoms with Gasteiger partial charge in [0, 0.05) is 23.5 Å². The molecule has 105 heavy (non-hydrogen) atoms. The molecule has 0 aliphatic heterocycles. The summed E-state index contributed by atoms with van der Waals surface area (Å²) in [7, 11) is 0. The van der Waals surface area contributed by atoms with Gasteiger partial charge in [0.1, 0.15) is 28.3 Å². The minimum atomic E-state index is -0.678. The summed E-state index contributed by atoms with van der Waals surface area (Å²) in [6, 6.07) is 65.3. The number of aromatic nitrogens is 1. The van der Waals surface area contributed by atoms with Crippen molar-refractivity contribution in [2.75, 3.05) is 16.0 Å². The van der Waals surface area contributed by atoms with Gasteiger partial charge >= 0.3 is 17.9 Å². The van der Waals surface area contributed by atoms with Crippen LogP contribution in [0.2, 0.25) is 0 Å². The molecule has 12 rings (SSSR count). The highest BCUT2D eigenvalue weighted by molar-refractivity contribution is 6.12. The van der Waals surface area contributed by atoms with Crippen molar-refractivity contribution in [1.29, 1.82) is 0 Å². The Morgan fingerprint density at radius 1 is 0.343 bits per heavy atom. The van der Waals surface area contributed by atoms with Crippen LogP contribution >= 0.6 is 0 Å². The molecule has 5 N–H and O–H groups in total. The number of aromatic hydroxyl groups is 2. The highest BCUT2D eigenvalue weighted by Crippen LogP contribution is 2.39. The molecule has 0 atom stereocenters. The molecule has 0 bridgehead atoms. The molecule has 15 heteroatoms. The average molecular weight is 1410 g/mol. The van der Waals surface area contributed by atoms with E-state index in [-0.39, 0.29) is 39.7 Å². The van der Waals surface area contributed by atoms with Gasteiger partial charge in [0.25, 0.3) is 17.7 Å². The number of hydrogen-bond acceptors (Lipinski definition) is 12. The van der Waals surface area contributed by atoms with Crippen LogP contribution in [-0.2, 0) is 14.2 Å². The van der Waals surface area contributed by atoms with E-state index in [0.29, 0.717) is 40.0 Å². The summed E-state index contributed by atoms with van der Waals surface area (Å²) in [5.74, 6) is -2.13. The number of carbonyl (C=O) groups excluding carboxylic acids is 6. The first kappa shape index (κ1) is 76.2. The normalized spacial score (nSPS) is 13.3. The third-order valence-corrected chi connectivity index (χ3v) is 18.1. The number of nitrogens with zero attached hydrogens (tertiary/aromatic N) is 1. The lowest BCUT2D eigenvalue weighted by atomic mass is 9.83. The van der Waals surface area contributed by atoms with Crippen molar-refractivity contribution in [2.24, 2.45) is 0 Å². The molecule has 0 radical (unpaired) electrons. The van der Waals surface area contributed by atoms with E-state index < -0.39 is 46.5 Å². The van der Waals surface area contributed by atoms with E-state index in [1.54, 1.807) is 109 Å². The molecule has 10 aromatic rings. The van der Waals surface area contributed by atoms with E-state index in [1.807, 2.05) is 185 Å². The van der Waals surface area contributed by atoms with Crippen LogP contribution in [0.1, 0.15) is 217 Å². The number of nitrogens with one attached hydrogen (secondary N) is 3. The number of benzene rings is 9. The van der Waals surface area contributed by atoms with Crippen LogP contribution in [-0.4, -0.2) is 67.6 Å². The molecular formula is C90H94N4O11. The number of pyridine rings is 1. The Hall–Kier alpha value is -11.5. The summed E-state index contributed by atoms with van der Waals surface area (Å²) in [5.41, 5.74) is 11.1. The van der Waals surface area contributed by atoms with Crippen molar-refractivity contribution < 1.29 is 53.2 Å². The molecule has 0 saturated heterocycles. The Kier molecular flexibility index (Phi) is 24.8. The largest absolute Gasteiger partial charge is 0.507 e. The Morgan fingerprint density at radius 2 is 0.667 bits per heavy atom. The van der Waals surface area contributed by atoms with E-state index in [0.717, 1.165) is 86.9 Å². The molecule has 2 aliphatic carbocycles. The summed E-state index contributed by atoms with van der Waals surface area (Å²) in [5, 5.41) is 29.7. The Balaban J connectivity index is 0.000000169. The van der Waals surface area contributed by atoms with Crippen molar-refractivity contribution in [3.05, 3.63) is 275 Å². The molecule has 1 aromatic heterocycles. The number of aryl methyl sites for hydroxylation is 1. The molecule has 1 heterocycles. The third kappa shape index (κ3) is 21.1. The number of rotatable bonds is 15. The second-order valence-corrected chi connectivity index (χ2v) is 29.7. The Morgan fingerprint density at radius 3 is 1.00 bits per heavy atom. The van der Waals surface area contributed by atoms with Crippen LogP contribution in [0.5, 0.6) is 11.5 Å². The fourth-order valence-electron chi connectivity index (χ4n) is 12.9. The van der Waals surface area contributed by atoms with Gasteiger partial charge in [-0.3, -0.25) is 19.4 Å². The van der Waals surface area contributed by atoms with Crippen molar-refractivity contribution >= 4 is 52.7 Å². The van der Waals surface area contributed by atoms with E-state index in [2.05, 4.69) is 20.9 Å². The fraction of sp³-hybridized carbons (Fsp3) is 0.278. The first-order valence-electron chi connectivity index (χ1n) is 36.0. The van der Waals surface area contributed by atoms with E-state index in [9.17, 15) is 39.0 Å². The molecule has 540 valence electrons. The van der Waals surface area contributed by atoms with Crippen LogP contribution in [0, 0.1) is 6.92 Å². The molecule has 9 aromatic carbocycles. The highest BCUT2D eigenvalue weighted by atomic mass is 16.6. The second kappa shape index (κ2) is 34.2. The van der Waals surface area contributed by atoms with Gasteiger partial charge in [-0.25, -0.2) is 14.4 Å². The molecule has 0 unspecified atom stereocenters. The molecule has 2 fully saturated rings. The molecule has 0 spiro atoms. The van der Waals surface area contributed by atoms with Gasteiger partial charge in [-0.1, -0.05) is 178 Å². The van der Waals surface area contributed by atoms with Crippen molar-refractivity contribution in [3.63, 3.8) is 0 Å². The number of ether oxygens (including phenoxy) is 3. The number of hydrogen-bond donors (Lipinski definition) is 5. The molecular weight excluding hydrogens is 1310 g/mol. The summed E-state index contributed by atoms with van der Waals surface area (Å²) in [4.78, 5) is 83.2. The lowest BCUT2D eigenvalue weighted by Crippen LogP contribution is -2.25. The minimum absolute atomic E-state index is 0.0832. The summed E-state index contributed by atoms with van der Waals surface area (Å²) >= 11 is 0. The number of phenols is 2. The van der Waals surface area contributed by atoms with Gasteiger partial charge in [-0.05, 0) is 235 Å². The van der Waals surface area contributed by atoms with Gasteiger partial charge in [0.15, 0.2) is 0 Å². The lowest BCUT2D eigenvalue weighted by molar-refractivity contribution is 0.00580. The predicted molar refractivity (Wildman–Crippen MR) is 417 cm³/mol. The van der Waals surface area contributed by atoms with Crippen LogP contribution in [0.15, 0.2) is 225 Å². The van der Waals surface area contributed by atoms with Gasteiger partial charge in [0.05, 0.1) is 44.9 Å². The standard InChI is InChI=1S/C30H28N2O3.2C30H33NO4/c1-20-12-13-22(24-11-8-16-31-19-24)17-26(20)28(33)32-27-18-23(21-9-6-5-7-10-21)14-15-25(27)29(34)35-30(2,3)4;2*1-30(2,3)35-29(34)24-16-14-23(21-12-8-5-9-13-21)19-26(24)31-28(33)25-18-22(15-17-27(25)32)20-10-6-4-7-11-20/h5-19H,1-4H3,(H,32,33);2*5,8-9,12-20,32H,4,6-7,10-11H2,1-3H3,(H,31,33). The summed E-state index contributed by atoms with van der Waals surface area (Å²) in [6.45, 7) is 18.1. The van der Waals surface area contributed by atoms with Crippen molar-refractivity contribution in [2.45, 2.75) is 162 Å². The molecule has 15 nitrogen and oxygen atoms in total. The van der Waals surface area contributed by atoms with Crippen LogP contribution in [0.3, 0.4) is 0 Å². The molecule has 2 saturated carbocycles. The Labute approximate surface area is 616 Å². The van der Waals surface area contributed by atoms with Crippen LogP contribution < -0.4 is 16.0 Å². The second-order valence-electron chi connectivity index (χ2n) is 29.7. The van der Waals surface area contributed by atoms with Crippen molar-refractivity contribution in [3.8, 4) is 56.0 Å². The van der Waals surface area contributed by atoms with Gasteiger partial charge in [-0.15, -0.1) is 0 Å². The first-order chi connectivity index (χ1) is 50.1. The summed E-state index contributed by atoms with van der Waals surface area (Å²) < 4.78 is 16.8. The van der Waals surface area contributed by atoms with Crippen LogP contribution in [0.4, 0.5) is 17.1 Å². The topological polar surface area (TPSA) is 220 Å². The SMILES string of the molecule is CC(C)(C)OC(=O)c1ccc(-c2ccccc2)cc1NC(=O)c1cc(C2CCCCC2)ccc1O.CC(C)(C)OC(=O)c1ccc(-c2ccccc2)cc1NC(=O)c1cc(C2CCCCC2)ccc1O.Cc1ccc(-c2cccnc2)cc1C(=O)Nc1cc(-c2ccccc2)ccc1C(=O)OC(C)(C)C. The zero-order valence-electron chi connectivity index (χ0n) is 61.6. The zero-order valence-corrected chi connectivity index (χ0v) is 61.6. The summed E-state index contributed by atoms with van der Waals surface area (Å²) in [6.07, 6.45) is 15.0. The number of anilines is 3. The predicted octanol–water partition coefficient (Wildman–Crippen LogP) is 21.6. The third-order valence-electron chi connectivity index (χ3n) is 18.1. The molecule has 3 amide bonds. The van der Waals surface area contributed by atoms with Crippen molar-refractivity contribution in [1.82, 2.24) is 4.98 Å². The van der Waals surface area contributed by atoms with Crippen LogP contribution in [0.25, 0.3) is 44.5 Å². The smallest absolute Gasteiger partial charge is 0.340 e. The molecule has 2 aliphatic rings. The quantitative estimate of drug-likeness (QED) is 0.0478. The number of carbonyl (C=O) groups is 6. The maximum Gasteiger partial charge on any atom is 0.340 e. The highest BCUT2D eigenvalue weighted by Gasteiger charge is 2.28. The lowest BCUT2D eigenvalue weighted by Gasteiger charge is -2.23. The van der Waals surface area contributed by atoms with E-state index >= 15 is 0 Å². The van der Waals surface area contributed by atoms with Gasteiger partial charge in [0.2, 0.25) is 0 Å². The number of phenolic OH excluding ortho intramolecular Hbond substituents is 2. The van der Waals surface area contributed by atoms with E-state index in [4.69, 9.17) is 14.2 Å². The fourth-order valence-corrected chi connectivity index (χ4v) is 12.9. The Bertz CT molecular complexity index is 4520. The number of esters is 3. The average Bonchev–Trinajstić information content (AvgIpc) is 0.812. The minimum Gasteiger partial charge on any atom is -0.507 e. The maximum atomic E-state index is 13.4. The number of amides is 3. The van der Waals surface area contributed by atoms with Gasteiger partial charge in [-0.2, -0.15) is 0 Å².